The largest absolute Gasteiger partial charge is 0.384 e. The summed E-state index contributed by atoms with van der Waals surface area (Å²) in [6.07, 6.45) is 10.4. The van der Waals surface area contributed by atoms with E-state index in [0.29, 0.717) is 175 Å². The molecule has 2 aliphatic carbocycles. The van der Waals surface area contributed by atoms with Crippen LogP contribution < -0.4 is 47.7 Å². The van der Waals surface area contributed by atoms with Crippen LogP contribution in [0.25, 0.3) is 83.9 Å². The molecule has 15 heterocycles. The highest BCUT2D eigenvalue weighted by Gasteiger charge is 2.53. The standard InChI is InChI=1S/2C31H29F2N7O2S.C31H31F2N7O2S/c2*1-4-24(41)38-11-12-39(22-15-21(22)38)29-17-14-19(33)27-25-18(32)6-5-7-20(25)34-10-13-43-23-8-9-35-26(16(2)3)28(23)40(30(17)36-27)31(42)37-29;1-5-24(41)38-12-13-39(18(4)16-38)29-19-15-21(33)27-25-20(32)7-6-8-22(25)34-11-14-43-23-9-10-35-26(17(2)3)28(23)40(30(19)36-27)31(42)37-29/h2*4-9,14,16,21-22,34H,1,10-13,15H2,2-3H3;5-10,15,17-18,34H,1,11-14,16H2,2-4H3/t2*21-,22+;18-/m101/s1. The first-order valence-corrected chi connectivity index (χ1v) is 45.6. The number of hydrogen-bond donors (Lipinski definition) is 3. The lowest BCUT2D eigenvalue weighted by Crippen LogP contribution is -2.54. The number of pyridine rings is 6. The maximum absolute atomic E-state index is 16.1. The van der Waals surface area contributed by atoms with E-state index in [-0.39, 0.29) is 122 Å². The van der Waals surface area contributed by atoms with Gasteiger partial charge in [-0.1, -0.05) is 79.5 Å². The number of carbonyl (C=O) groups excluding carboxylic acids is 3. The summed E-state index contributed by atoms with van der Waals surface area (Å²) in [5, 5.41) is 10.7. The van der Waals surface area contributed by atoms with Crippen molar-refractivity contribution in [3.8, 4) is 50.8 Å². The molecule has 0 spiro atoms. The Morgan fingerprint density at radius 2 is 0.744 bits per heavy atom. The lowest BCUT2D eigenvalue weighted by molar-refractivity contribution is -0.127. The van der Waals surface area contributed by atoms with Crippen LogP contribution in [0.4, 0.5) is 60.9 Å². The van der Waals surface area contributed by atoms with Gasteiger partial charge in [0, 0.05) is 139 Å². The third kappa shape index (κ3) is 15.8. The first-order chi connectivity index (χ1) is 62.2. The molecule has 0 radical (unpaired) electrons. The number of hydrogen-bond acceptors (Lipinski definition) is 24. The van der Waals surface area contributed by atoms with Crippen LogP contribution in [0, 0.1) is 34.9 Å². The van der Waals surface area contributed by atoms with Gasteiger partial charge < -0.3 is 45.3 Å². The number of nitrogens with zero attached hydrogens (tertiary/aromatic N) is 18. The summed E-state index contributed by atoms with van der Waals surface area (Å²) in [5.74, 6) is -2.10. The van der Waals surface area contributed by atoms with Crippen LogP contribution in [-0.2, 0) is 14.4 Å². The smallest absolute Gasteiger partial charge is 0.355 e. The molecule has 3 amide bonds. The maximum Gasteiger partial charge on any atom is 0.355 e. The Labute approximate surface area is 749 Å². The summed E-state index contributed by atoms with van der Waals surface area (Å²) in [6.45, 7) is 28.8. The predicted molar refractivity (Wildman–Crippen MR) is 491 cm³/mol. The van der Waals surface area contributed by atoms with Crippen LogP contribution in [0.1, 0.15) is 96.1 Å². The molecule has 0 unspecified atom stereocenters. The normalized spacial score (nSPS) is 18.4. The monoisotopic (exact) mass is 1810 g/mol. The molecule has 36 heteroatoms. The Morgan fingerprint density at radius 1 is 0.419 bits per heavy atom. The third-order valence-electron chi connectivity index (χ3n) is 24.3. The van der Waals surface area contributed by atoms with Crippen molar-refractivity contribution in [2.24, 2.45) is 0 Å². The van der Waals surface area contributed by atoms with E-state index in [4.69, 9.17) is 15.0 Å². The number of thioether (sulfide) groups is 3. The van der Waals surface area contributed by atoms with Crippen LogP contribution in [-0.4, -0.2) is 204 Å². The van der Waals surface area contributed by atoms with Crippen molar-refractivity contribution >= 4 is 121 Å². The van der Waals surface area contributed by atoms with Gasteiger partial charge in [-0.05, 0) is 129 Å². The first-order valence-electron chi connectivity index (χ1n) is 42.7. The minimum atomic E-state index is -0.746. The van der Waals surface area contributed by atoms with Crippen LogP contribution >= 0.6 is 35.3 Å². The number of benzene rings is 3. The molecule has 12 aromatic rings. The number of piperazine rings is 3. The predicted octanol–water partition coefficient (Wildman–Crippen LogP) is 14.5. The van der Waals surface area contributed by atoms with E-state index in [0.717, 1.165) is 14.7 Å². The summed E-state index contributed by atoms with van der Waals surface area (Å²) in [7, 11) is 0. The summed E-state index contributed by atoms with van der Waals surface area (Å²) in [5.41, 5.74) is 2.94. The second-order valence-electron chi connectivity index (χ2n) is 33.3. The molecule has 2 saturated carbocycles. The van der Waals surface area contributed by atoms with Crippen LogP contribution in [0.2, 0.25) is 0 Å². The van der Waals surface area contributed by atoms with E-state index in [1.165, 1.54) is 104 Å². The molecular weight excluding hydrogens is 1720 g/mol. The van der Waals surface area contributed by atoms with E-state index < -0.39 is 52.0 Å². The van der Waals surface area contributed by atoms with Gasteiger partial charge in [-0.25, -0.2) is 69.4 Å². The zero-order valence-corrected chi connectivity index (χ0v) is 73.9. The first kappa shape index (κ1) is 86.8. The number of rotatable bonds is 9. The van der Waals surface area contributed by atoms with Crippen molar-refractivity contribution in [3.05, 3.63) is 231 Å². The Morgan fingerprint density at radius 3 is 1.06 bits per heavy atom. The van der Waals surface area contributed by atoms with Crippen molar-refractivity contribution in [2.45, 2.75) is 124 Å². The van der Waals surface area contributed by atoms with E-state index >= 15 is 26.3 Å². The number of amides is 3. The lowest BCUT2D eigenvalue weighted by atomic mass is 10.1. The zero-order valence-electron chi connectivity index (χ0n) is 71.5. The second kappa shape index (κ2) is 35.2. The maximum atomic E-state index is 16.1. The topological polar surface area (TPSA) is 289 Å². The van der Waals surface area contributed by atoms with Crippen molar-refractivity contribution < 1.29 is 40.7 Å². The number of nitrogens with one attached hydrogen (secondary N) is 3. The summed E-state index contributed by atoms with van der Waals surface area (Å²) in [4.78, 5) is 135. The molecule has 8 aliphatic rings. The molecule has 5 fully saturated rings. The van der Waals surface area contributed by atoms with Crippen LogP contribution in [0.3, 0.4) is 0 Å². The summed E-state index contributed by atoms with van der Waals surface area (Å²) < 4.78 is 98.8. The molecule has 129 heavy (non-hydrogen) atoms. The van der Waals surface area contributed by atoms with Crippen molar-refractivity contribution in [3.63, 3.8) is 0 Å². The summed E-state index contributed by atoms with van der Waals surface area (Å²) in [6, 6.07) is 22.5. The van der Waals surface area contributed by atoms with Gasteiger partial charge in [0.25, 0.3) is 0 Å². The number of carbonyl (C=O) groups is 3. The fourth-order valence-corrected chi connectivity index (χ4v) is 20.9. The van der Waals surface area contributed by atoms with Gasteiger partial charge in [0.15, 0.2) is 34.4 Å². The number of halogens is 6. The van der Waals surface area contributed by atoms with Crippen molar-refractivity contribution in [1.29, 1.82) is 0 Å². The van der Waals surface area contributed by atoms with Gasteiger partial charge in [0.05, 0.1) is 91.2 Å². The van der Waals surface area contributed by atoms with Gasteiger partial charge in [-0.3, -0.25) is 29.3 Å². The molecule has 3 N–H and O–H groups in total. The van der Waals surface area contributed by atoms with E-state index in [1.807, 2.05) is 81.4 Å². The molecule has 3 saturated heterocycles. The van der Waals surface area contributed by atoms with Gasteiger partial charge in [-0.15, -0.1) is 35.3 Å². The van der Waals surface area contributed by atoms with Gasteiger partial charge in [-0.2, -0.15) is 15.0 Å². The van der Waals surface area contributed by atoms with Gasteiger partial charge in [0.2, 0.25) is 17.7 Å². The average Bonchev–Trinajstić information content (AvgIpc) is 1.68. The molecule has 6 aliphatic heterocycles. The second-order valence-corrected chi connectivity index (χ2v) is 36.7. The Hall–Kier alpha value is -13.0. The minimum Gasteiger partial charge on any atom is -0.384 e. The molecule has 3 aromatic carbocycles. The third-order valence-corrected chi connectivity index (χ3v) is 27.4. The number of anilines is 6. The van der Waals surface area contributed by atoms with Crippen LogP contribution in [0.15, 0.2) is 177 Å². The number of aromatic nitrogens is 12. The molecule has 5 atom stereocenters. The van der Waals surface area contributed by atoms with E-state index in [9.17, 15) is 28.8 Å². The van der Waals surface area contributed by atoms with Crippen molar-refractivity contribution in [2.75, 3.05) is 113 Å². The molecular formula is C93H89F6N21O6S3. The highest BCUT2D eigenvalue weighted by atomic mass is 32.2. The SMILES string of the molecule is C=CC(=O)N1CCN(c2nc(=O)n3c4nc(c(F)cc24)-c2c(F)cccc2NCCSc2ccnc(C(C)C)c2-3)[C@@H]2C[C@@H]21.C=CC(=O)N1CCN(c2nc(=O)n3c4nc(c(F)cc24)-c2c(F)cccc2NCCSc2ccnc(C(C)C)c2-3)[C@H](C)C1.C=CC(=O)N1CCN(c2nc(=O)n3c4nc(c(F)cc24)-c2c(F)cccc2NCCSc2ccnc(C(C)C)c2-3)[C@H]2C[C@H]21. The zero-order chi connectivity index (χ0) is 90.4. The lowest BCUT2D eigenvalue weighted by Gasteiger charge is -2.40. The highest BCUT2D eigenvalue weighted by molar-refractivity contribution is 8.00. The number of fused-ring (bicyclic) bond motifs is 17. The fraction of sp³-hybridized carbons (Fsp3) is 0.323. The Kier molecular flexibility index (Phi) is 23.7. The summed E-state index contributed by atoms with van der Waals surface area (Å²) >= 11 is 4.60. The quantitative estimate of drug-likeness (QED) is 0.0894. The van der Waals surface area contributed by atoms with Gasteiger partial charge >= 0.3 is 17.1 Å². The average molecular weight is 1810 g/mol. The highest BCUT2D eigenvalue weighted by Crippen LogP contribution is 2.48. The Bertz CT molecular complexity index is 6270. The molecule has 662 valence electrons. The van der Waals surface area contributed by atoms with Crippen LogP contribution in [0.5, 0.6) is 0 Å². The molecule has 6 bridgehead atoms. The van der Waals surface area contributed by atoms with Crippen molar-refractivity contribution in [1.82, 2.24) is 73.3 Å². The molecule has 9 aromatic heterocycles. The Balaban J connectivity index is 0.000000130. The van der Waals surface area contributed by atoms with E-state index in [2.05, 4.69) is 65.6 Å². The minimum absolute atomic E-state index is 0.000799. The fourth-order valence-electron chi connectivity index (χ4n) is 18.2. The van der Waals surface area contributed by atoms with Gasteiger partial charge in [0.1, 0.15) is 52.0 Å². The molecule has 20 rings (SSSR count). The van der Waals surface area contributed by atoms with E-state index in [1.54, 1.807) is 69.7 Å². The molecule has 27 nitrogen and oxygen atoms in total.